The number of rotatable bonds is 8. The Morgan fingerprint density at radius 1 is 1.07 bits per heavy atom. The molecule has 0 aromatic heterocycles. The highest BCUT2D eigenvalue weighted by atomic mass is 19.4. The van der Waals surface area contributed by atoms with E-state index in [4.69, 9.17) is 0 Å². The number of hydrogen-bond donors (Lipinski definition) is 3. The number of likely N-dealkylation sites (N-methyl/N-ethyl adjacent to an activating group) is 1. The molecule has 0 saturated heterocycles. The summed E-state index contributed by atoms with van der Waals surface area (Å²) in [4.78, 5) is 36.6. The molecule has 8 nitrogen and oxygen atoms in total. The first-order valence-corrected chi connectivity index (χ1v) is 8.36. The van der Waals surface area contributed by atoms with Crippen LogP contribution in [0.4, 0.5) is 23.7 Å². The number of alkyl halides is 3. The lowest BCUT2D eigenvalue weighted by Gasteiger charge is -2.16. The van der Waals surface area contributed by atoms with Crippen molar-refractivity contribution in [2.75, 3.05) is 32.0 Å². The Balaban J connectivity index is 2.39. The fourth-order valence-electron chi connectivity index (χ4n) is 1.99. The van der Waals surface area contributed by atoms with E-state index in [2.05, 4.69) is 20.7 Å². The third-order valence-corrected chi connectivity index (χ3v) is 3.12. The van der Waals surface area contributed by atoms with Crippen molar-refractivity contribution in [3.05, 3.63) is 24.3 Å². The summed E-state index contributed by atoms with van der Waals surface area (Å²) < 4.78 is 40.0. The Labute approximate surface area is 160 Å². The number of benzene rings is 1. The van der Waals surface area contributed by atoms with Gasteiger partial charge in [0, 0.05) is 12.2 Å². The Bertz CT molecular complexity index is 678. The third-order valence-electron chi connectivity index (χ3n) is 3.12. The fourth-order valence-corrected chi connectivity index (χ4v) is 1.99. The van der Waals surface area contributed by atoms with Crippen molar-refractivity contribution >= 4 is 23.5 Å². The predicted molar refractivity (Wildman–Crippen MR) is 95.6 cm³/mol. The first-order chi connectivity index (χ1) is 12.9. The number of carbonyl (C=O) groups is 3. The molecule has 0 atom stereocenters. The molecule has 0 aliphatic rings. The minimum Gasteiger partial charge on any atom is -0.406 e. The zero-order chi connectivity index (χ0) is 21.3. The van der Waals surface area contributed by atoms with Crippen molar-refractivity contribution in [2.45, 2.75) is 20.2 Å². The molecule has 0 fully saturated rings. The largest absolute Gasteiger partial charge is 0.573 e. The average molecular weight is 404 g/mol. The van der Waals surface area contributed by atoms with Crippen LogP contribution in [0.3, 0.4) is 0 Å². The second-order valence-electron chi connectivity index (χ2n) is 6.44. The molecule has 0 spiro atoms. The van der Waals surface area contributed by atoms with Crippen LogP contribution in [0.1, 0.15) is 13.8 Å². The van der Waals surface area contributed by atoms with Gasteiger partial charge in [0.05, 0.1) is 13.1 Å². The molecule has 0 heterocycles. The van der Waals surface area contributed by atoms with Crippen molar-refractivity contribution in [1.82, 2.24) is 15.5 Å². The van der Waals surface area contributed by atoms with Crippen LogP contribution >= 0.6 is 0 Å². The quantitative estimate of drug-likeness (QED) is 0.615. The maximum Gasteiger partial charge on any atom is 0.573 e. The van der Waals surface area contributed by atoms with Crippen LogP contribution in [-0.4, -0.2) is 55.8 Å². The maximum atomic E-state index is 12.1. The summed E-state index contributed by atoms with van der Waals surface area (Å²) in [6.45, 7) is 3.88. The van der Waals surface area contributed by atoms with Gasteiger partial charge in [0.15, 0.2) is 0 Å². The van der Waals surface area contributed by atoms with Crippen LogP contribution in [0.15, 0.2) is 24.3 Å². The van der Waals surface area contributed by atoms with E-state index in [1.165, 1.54) is 24.1 Å². The van der Waals surface area contributed by atoms with E-state index in [1.54, 1.807) is 0 Å². The highest BCUT2D eigenvalue weighted by Crippen LogP contribution is 2.23. The van der Waals surface area contributed by atoms with Gasteiger partial charge in [-0.15, -0.1) is 13.2 Å². The monoisotopic (exact) mass is 404 g/mol. The van der Waals surface area contributed by atoms with Crippen molar-refractivity contribution in [3.63, 3.8) is 0 Å². The minimum absolute atomic E-state index is 0.165. The van der Waals surface area contributed by atoms with Crippen LogP contribution in [0.25, 0.3) is 0 Å². The van der Waals surface area contributed by atoms with E-state index in [1.807, 2.05) is 13.8 Å². The van der Waals surface area contributed by atoms with Crippen LogP contribution < -0.4 is 20.7 Å². The Hall–Kier alpha value is -2.82. The summed E-state index contributed by atoms with van der Waals surface area (Å²) in [5.74, 6) is -1.23. The van der Waals surface area contributed by atoms with E-state index in [9.17, 15) is 27.6 Å². The van der Waals surface area contributed by atoms with Crippen LogP contribution in [-0.2, 0) is 9.59 Å². The number of imide groups is 1. The van der Waals surface area contributed by atoms with Gasteiger partial charge in [-0.25, -0.2) is 4.79 Å². The fraction of sp³-hybridized carbons (Fsp3) is 0.471. The van der Waals surface area contributed by atoms with Crippen molar-refractivity contribution in [1.29, 1.82) is 0 Å². The molecular formula is C17H23F3N4O4. The standard InChI is InChI=1S/C17H23F3N4O4/c1-11(2)8-21-16(27)23-15(26)10-24(3)9-14(25)22-12-4-6-13(7-5-12)28-17(18,19)20/h4-7,11H,8-10H2,1-3H3,(H,22,25)(H2,21,23,26,27). The molecule has 156 valence electrons. The molecule has 1 aromatic carbocycles. The Morgan fingerprint density at radius 3 is 2.18 bits per heavy atom. The lowest BCUT2D eigenvalue weighted by Crippen LogP contribution is -2.45. The number of nitrogens with zero attached hydrogens (tertiary/aromatic N) is 1. The molecule has 0 aliphatic carbocycles. The van der Waals surface area contributed by atoms with Gasteiger partial charge in [-0.3, -0.25) is 19.8 Å². The second-order valence-corrected chi connectivity index (χ2v) is 6.44. The van der Waals surface area contributed by atoms with E-state index in [0.29, 0.717) is 6.54 Å². The topological polar surface area (TPSA) is 99.8 Å². The van der Waals surface area contributed by atoms with E-state index < -0.39 is 30.0 Å². The van der Waals surface area contributed by atoms with Gasteiger partial charge >= 0.3 is 12.4 Å². The van der Waals surface area contributed by atoms with Gasteiger partial charge in [-0.1, -0.05) is 13.8 Å². The molecule has 1 aromatic rings. The SMILES string of the molecule is CC(C)CNC(=O)NC(=O)CN(C)CC(=O)Nc1ccc(OC(F)(F)F)cc1. The lowest BCUT2D eigenvalue weighted by molar-refractivity contribution is -0.274. The molecule has 11 heteroatoms. The van der Waals surface area contributed by atoms with Gasteiger partial charge in [-0.2, -0.15) is 0 Å². The summed E-state index contributed by atoms with van der Waals surface area (Å²) in [6.07, 6.45) is -4.79. The first kappa shape index (κ1) is 23.2. The number of hydrogen-bond acceptors (Lipinski definition) is 5. The summed E-state index contributed by atoms with van der Waals surface area (Å²) in [5.41, 5.74) is 0.269. The molecule has 0 bridgehead atoms. The smallest absolute Gasteiger partial charge is 0.406 e. The molecule has 28 heavy (non-hydrogen) atoms. The summed E-state index contributed by atoms with van der Waals surface area (Å²) in [6, 6.07) is 4.03. The first-order valence-electron chi connectivity index (χ1n) is 8.36. The lowest BCUT2D eigenvalue weighted by atomic mass is 10.2. The van der Waals surface area contributed by atoms with Crippen molar-refractivity contribution < 1.29 is 32.3 Å². The maximum absolute atomic E-state index is 12.1. The Kier molecular flexibility index (Phi) is 8.71. The number of urea groups is 1. The van der Waals surface area contributed by atoms with Crippen LogP contribution in [0.5, 0.6) is 5.75 Å². The molecule has 0 radical (unpaired) electrons. The zero-order valence-electron chi connectivity index (χ0n) is 15.7. The highest BCUT2D eigenvalue weighted by molar-refractivity contribution is 5.96. The molecule has 0 aliphatic heterocycles. The molecule has 0 saturated carbocycles. The summed E-state index contributed by atoms with van der Waals surface area (Å²) in [7, 11) is 1.51. The Morgan fingerprint density at radius 2 is 1.64 bits per heavy atom. The van der Waals surface area contributed by atoms with Gasteiger partial charge in [0.1, 0.15) is 5.75 Å². The number of ether oxygens (including phenoxy) is 1. The van der Waals surface area contributed by atoms with Crippen LogP contribution in [0, 0.1) is 5.92 Å². The second kappa shape index (κ2) is 10.5. The van der Waals surface area contributed by atoms with Gasteiger partial charge in [0.25, 0.3) is 0 Å². The highest BCUT2D eigenvalue weighted by Gasteiger charge is 2.30. The molecule has 4 amide bonds. The zero-order valence-corrected chi connectivity index (χ0v) is 15.7. The number of halogens is 3. The number of carbonyl (C=O) groups excluding carboxylic acids is 3. The average Bonchev–Trinajstić information content (AvgIpc) is 2.53. The van der Waals surface area contributed by atoms with Crippen molar-refractivity contribution in [2.24, 2.45) is 5.92 Å². The van der Waals surface area contributed by atoms with Gasteiger partial charge in [0.2, 0.25) is 11.8 Å². The summed E-state index contributed by atoms with van der Waals surface area (Å²) >= 11 is 0. The van der Waals surface area contributed by atoms with E-state index in [0.717, 1.165) is 12.1 Å². The minimum atomic E-state index is -4.79. The number of amides is 4. The van der Waals surface area contributed by atoms with E-state index >= 15 is 0 Å². The van der Waals surface area contributed by atoms with Crippen LogP contribution in [0.2, 0.25) is 0 Å². The number of nitrogens with one attached hydrogen (secondary N) is 3. The molecule has 3 N–H and O–H groups in total. The normalized spacial score (nSPS) is 11.3. The van der Waals surface area contributed by atoms with Gasteiger partial charge in [-0.05, 0) is 37.2 Å². The van der Waals surface area contributed by atoms with Crippen molar-refractivity contribution in [3.8, 4) is 5.75 Å². The molecule has 1 rings (SSSR count). The molecule has 0 unspecified atom stereocenters. The van der Waals surface area contributed by atoms with Gasteiger partial charge < -0.3 is 15.4 Å². The summed E-state index contributed by atoms with van der Waals surface area (Å²) in [5, 5.41) is 7.16. The third kappa shape index (κ3) is 10.4. The predicted octanol–water partition coefficient (Wildman–Crippen LogP) is 1.94. The molecular weight excluding hydrogens is 381 g/mol. The number of anilines is 1. The van der Waals surface area contributed by atoms with E-state index in [-0.39, 0.29) is 24.7 Å².